The fraction of sp³-hybridized carbons (Fsp3) is 0.238. The van der Waals surface area contributed by atoms with Crippen LogP contribution in [0.25, 0.3) is 33.4 Å². The van der Waals surface area contributed by atoms with Crippen LogP contribution < -0.4 is 0 Å². The fourth-order valence-corrected chi connectivity index (χ4v) is 8.57. The number of fused-ring (bicyclic) bond motifs is 2. The van der Waals surface area contributed by atoms with Crippen molar-refractivity contribution in [3.8, 4) is 33.4 Å². The molecule has 222 valence electrons. The molecule has 0 amide bonds. The minimum Gasteiger partial charge on any atom is -0.0891 e. The molecule has 0 nitrogen and oxygen atoms in total. The maximum atomic E-state index is 2.46. The number of hydrogen-bond donors (Lipinski definition) is 0. The topological polar surface area (TPSA) is 0 Å². The average molecular weight is 611 g/mol. The molecule has 0 aromatic heterocycles. The lowest BCUT2D eigenvalue weighted by molar-refractivity contribution is 0.868. The highest BCUT2D eigenvalue weighted by molar-refractivity contribution is 8.00. The maximum Gasteiger partial charge on any atom is 0.0243 e. The van der Waals surface area contributed by atoms with Crippen molar-refractivity contribution in [2.45, 2.75) is 86.8 Å². The van der Waals surface area contributed by atoms with Gasteiger partial charge in [0.25, 0.3) is 0 Å². The Morgan fingerprint density at radius 2 is 0.795 bits per heavy atom. The fourth-order valence-electron chi connectivity index (χ4n) is 6.37. The van der Waals surface area contributed by atoms with Crippen LogP contribution >= 0.6 is 23.5 Å². The molecule has 0 unspecified atom stereocenters. The van der Waals surface area contributed by atoms with Gasteiger partial charge < -0.3 is 0 Å². The van der Waals surface area contributed by atoms with Crippen LogP contribution in [0.4, 0.5) is 0 Å². The van der Waals surface area contributed by atoms with Crippen LogP contribution in [0.2, 0.25) is 0 Å². The highest BCUT2D eigenvalue weighted by Gasteiger charge is 2.32. The molecule has 0 spiro atoms. The molecule has 0 atom stereocenters. The van der Waals surface area contributed by atoms with E-state index in [9.17, 15) is 0 Å². The van der Waals surface area contributed by atoms with Gasteiger partial charge in [0.15, 0.2) is 0 Å². The summed E-state index contributed by atoms with van der Waals surface area (Å²) in [6.45, 7) is 18.5. The van der Waals surface area contributed by atoms with Crippen LogP contribution in [-0.4, -0.2) is 0 Å². The first-order valence-corrected chi connectivity index (χ1v) is 17.4. The van der Waals surface area contributed by atoms with Crippen molar-refractivity contribution in [3.63, 3.8) is 0 Å². The quantitative estimate of drug-likeness (QED) is 0.176. The van der Waals surface area contributed by atoms with Gasteiger partial charge in [-0.2, -0.15) is 0 Å². The van der Waals surface area contributed by atoms with E-state index in [0.29, 0.717) is 11.8 Å². The normalized spacial score (nSPS) is 11.8. The summed E-state index contributed by atoms with van der Waals surface area (Å²) in [7, 11) is 0. The summed E-state index contributed by atoms with van der Waals surface area (Å²) >= 11 is 3.83. The van der Waals surface area contributed by atoms with Gasteiger partial charge in [-0.05, 0) is 119 Å². The first-order valence-electron chi connectivity index (χ1n) is 15.8. The molecule has 4 aliphatic carbocycles. The second kappa shape index (κ2) is 12.5. The number of benzene rings is 2. The van der Waals surface area contributed by atoms with Crippen molar-refractivity contribution in [3.05, 3.63) is 130 Å². The molecule has 2 heteroatoms. The molecule has 2 aromatic rings. The predicted octanol–water partition coefficient (Wildman–Crippen LogP) is 13.3. The lowest BCUT2D eigenvalue weighted by Gasteiger charge is -2.14. The molecule has 0 aliphatic heterocycles. The third-order valence-corrected chi connectivity index (χ3v) is 11.4. The van der Waals surface area contributed by atoms with Crippen molar-refractivity contribution in [2.75, 3.05) is 0 Å². The van der Waals surface area contributed by atoms with E-state index < -0.39 is 0 Å². The zero-order valence-corrected chi connectivity index (χ0v) is 28.8. The molecular formula is C42H42S2. The van der Waals surface area contributed by atoms with Gasteiger partial charge in [0.2, 0.25) is 0 Å². The highest BCUT2D eigenvalue weighted by atomic mass is 32.2. The van der Waals surface area contributed by atoms with Gasteiger partial charge in [-0.15, -0.1) is 0 Å². The van der Waals surface area contributed by atoms with E-state index in [2.05, 4.69) is 152 Å². The molecule has 0 heterocycles. The Labute approximate surface area is 273 Å². The minimum absolute atomic E-state index is 0.454. The summed E-state index contributed by atoms with van der Waals surface area (Å²) < 4.78 is 0. The van der Waals surface area contributed by atoms with Crippen LogP contribution in [0.15, 0.2) is 117 Å². The molecule has 2 aromatic carbocycles. The van der Waals surface area contributed by atoms with Gasteiger partial charge in [0.1, 0.15) is 0 Å². The number of rotatable bonds is 7. The second-order valence-corrected chi connectivity index (χ2v) is 14.9. The predicted molar refractivity (Wildman–Crippen MR) is 193 cm³/mol. The summed E-state index contributed by atoms with van der Waals surface area (Å²) in [4.78, 5) is 5.28. The smallest absolute Gasteiger partial charge is 0.0243 e. The average Bonchev–Trinajstić information content (AvgIpc) is 3.23. The van der Waals surface area contributed by atoms with Crippen LogP contribution in [0.5, 0.6) is 0 Å². The van der Waals surface area contributed by atoms with Gasteiger partial charge in [-0.25, -0.2) is 0 Å². The molecular weight excluding hydrogens is 569 g/mol. The van der Waals surface area contributed by atoms with Gasteiger partial charge in [-0.1, -0.05) is 124 Å². The standard InChI is InChI=1S/C42H42S2/c1-25(2)31-21-19-27(5)37-35(23-31)29(7)41(43-33-15-11-9-12-16-33)39(37)40-38-28(6)20-22-32(26(3)4)24-36(38)30(8)42(40)44-34-17-13-10-14-18-34/h9-26H,1-8H3. The monoisotopic (exact) mass is 610 g/mol. The summed E-state index contributed by atoms with van der Waals surface area (Å²) in [6, 6.07) is 36.1. The molecule has 0 bridgehead atoms. The van der Waals surface area contributed by atoms with Crippen LogP contribution in [-0.2, 0) is 0 Å². The molecule has 4 aliphatic rings. The van der Waals surface area contributed by atoms with E-state index in [4.69, 9.17) is 0 Å². The zero-order chi connectivity index (χ0) is 31.1. The lowest BCUT2D eigenvalue weighted by Crippen LogP contribution is -1.87. The van der Waals surface area contributed by atoms with Crippen LogP contribution in [0.1, 0.15) is 72.9 Å². The molecule has 0 N–H and O–H groups in total. The van der Waals surface area contributed by atoms with Crippen molar-refractivity contribution in [2.24, 2.45) is 0 Å². The highest BCUT2D eigenvalue weighted by Crippen LogP contribution is 2.58. The molecule has 0 fully saturated rings. The molecule has 0 saturated carbocycles. The van der Waals surface area contributed by atoms with E-state index in [1.807, 2.05) is 23.5 Å². The third kappa shape index (κ3) is 5.59. The summed E-state index contributed by atoms with van der Waals surface area (Å²) in [5, 5.41) is 0. The Bertz CT molecular complexity index is 1740. The van der Waals surface area contributed by atoms with Crippen LogP contribution in [0.3, 0.4) is 0 Å². The van der Waals surface area contributed by atoms with Gasteiger partial charge >= 0.3 is 0 Å². The van der Waals surface area contributed by atoms with Crippen molar-refractivity contribution in [1.82, 2.24) is 0 Å². The second-order valence-electron chi connectivity index (χ2n) is 12.7. The Morgan fingerprint density at radius 1 is 0.432 bits per heavy atom. The van der Waals surface area contributed by atoms with Crippen molar-refractivity contribution >= 4 is 23.5 Å². The van der Waals surface area contributed by atoms with Gasteiger partial charge in [0.05, 0.1) is 0 Å². The van der Waals surface area contributed by atoms with E-state index in [1.165, 1.54) is 86.3 Å². The lowest BCUT2D eigenvalue weighted by atomic mass is 9.94. The first kappa shape index (κ1) is 30.6. The Hall–Kier alpha value is -3.46. The SMILES string of the molecule is Cc1ccc(C(C)C)cc2c(C)c(Sc3ccccc3)c(-c3c(Sc4ccccc4)c(C)c4cc(C(C)C)ccc(C)c3-4)c1-2. The number of aryl methyl sites for hydroxylation is 2. The Balaban J connectivity index is 1.77. The third-order valence-electron chi connectivity index (χ3n) is 8.95. The minimum atomic E-state index is 0.454. The largest absolute Gasteiger partial charge is 0.0891 e. The summed E-state index contributed by atoms with van der Waals surface area (Å²) in [5.74, 6) is 0.907. The van der Waals surface area contributed by atoms with E-state index >= 15 is 0 Å². The molecule has 0 saturated heterocycles. The van der Waals surface area contributed by atoms with E-state index in [0.717, 1.165) is 0 Å². The van der Waals surface area contributed by atoms with E-state index in [1.54, 1.807) is 0 Å². The van der Waals surface area contributed by atoms with Gasteiger partial charge in [0, 0.05) is 30.7 Å². The zero-order valence-electron chi connectivity index (χ0n) is 27.2. The number of hydrogen-bond acceptors (Lipinski definition) is 2. The van der Waals surface area contributed by atoms with Crippen LogP contribution in [0, 0.1) is 27.7 Å². The Kier molecular flexibility index (Phi) is 8.68. The van der Waals surface area contributed by atoms with Crippen molar-refractivity contribution < 1.29 is 0 Å². The summed E-state index contributed by atoms with van der Waals surface area (Å²) in [5.41, 5.74) is 16.4. The molecule has 0 radical (unpaired) electrons. The summed E-state index contributed by atoms with van der Waals surface area (Å²) in [6.07, 6.45) is 0. The van der Waals surface area contributed by atoms with E-state index in [-0.39, 0.29) is 0 Å². The molecule has 44 heavy (non-hydrogen) atoms. The van der Waals surface area contributed by atoms with Crippen molar-refractivity contribution in [1.29, 1.82) is 0 Å². The maximum absolute atomic E-state index is 2.46. The first-order chi connectivity index (χ1) is 21.2. The van der Waals surface area contributed by atoms with Gasteiger partial charge in [-0.3, -0.25) is 0 Å². The molecule has 6 rings (SSSR count). The Morgan fingerprint density at radius 3 is 1.14 bits per heavy atom.